The second-order valence-corrected chi connectivity index (χ2v) is 21.7. The van der Waals surface area contributed by atoms with Crippen LogP contribution in [-0.2, 0) is 0 Å². The van der Waals surface area contributed by atoms with Gasteiger partial charge in [-0.05, 0) is 0 Å². The van der Waals surface area contributed by atoms with E-state index in [1.807, 2.05) is 30.3 Å². The van der Waals surface area contributed by atoms with Crippen LogP contribution in [0, 0.1) is 0 Å². The van der Waals surface area contributed by atoms with Gasteiger partial charge in [0.25, 0.3) is 0 Å². The molecule has 0 saturated heterocycles. The van der Waals surface area contributed by atoms with Gasteiger partial charge < -0.3 is 0 Å². The maximum atomic E-state index is 10.6. The van der Waals surface area contributed by atoms with Gasteiger partial charge in [0.15, 0.2) is 0 Å². The normalized spacial score (nSPS) is 13.0. The first-order chi connectivity index (χ1) is 12.1. The molecule has 1 nitrogen and oxygen atoms in total. The zero-order valence-corrected chi connectivity index (χ0v) is 19.8. The van der Waals surface area contributed by atoms with Gasteiger partial charge in [-0.25, -0.2) is 0 Å². The molecule has 1 aromatic rings. The first kappa shape index (κ1) is 22.8. The summed E-state index contributed by atoms with van der Waals surface area (Å²) in [5, 5.41) is 10.6. The molecule has 0 radical (unpaired) electrons. The van der Waals surface area contributed by atoms with Crippen LogP contribution >= 0.6 is 0 Å². The van der Waals surface area contributed by atoms with Gasteiger partial charge in [-0.2, -0.15) is 0 Å². The molecule has 0 spiro atoms. The van der Waals surface area contributed by atoms with Crippen molar-refractivity contribution in [2.24, 2.45) is 0 Å². The molecule has 1 unspecified atom stereocenters. The van der Waals surface area contributed by atoms with Gasteiger partial charge in [-0.1, -0.05) is 0 Å². The van der Waals surface area contributed by atoms with Crippen LogP contribution in [0.1, 0.15) is 77.4 Å². The average molecular weight is 451 g/mol. The van der Waals surface area contributed by atoms with Crippen molar-refractivity contribution in [3.05, 3.63) is 48.0 Å². The van der Waals surface area contributed by atoms with E-state index in [0.29, 0.717) is 0 Å². The minimum absolute atomic E-state index is 0.388. The molecule has 2 heteroatoms. The summed E-state index contributed by atoms with van der Waals surface area (Å²) in [6.45, 7) is 11.4. The summed E-state index contributed by atoms with van der Waals surface area (Å²) in [5.41, 5.74) is 2.34. The number of aliphatic hydroxyl groups excluding tert-OH is 1. The van der Waals surface area contributed by atoms with Crippen LogP contribution in [0.5, 0.6) is 0 Å². The summed E-state index contributed by atoms with van der Waals surface area (Å²) < 4.78 is 5.85. The Kier molecular flexibility index (Phi) is 11.8. The number of aliphatic hydroxyl groups is 1. The third-order valence-electron chi connectivity index (χ3n) is 5.47. The SMILES string of the molecule is C=C(CC(O)c1ccccc1)[CH2][Sn]([CH2]CCC)([CH2]CCC)[CH2]CCC. The Morgan fingerprint density at radius 3 is 1.84 bits per heavy atom. The quantitative estimate of drug-likeness (QED) is 0.229. The van der Waals surface area contributed by atoms with E-state index < -0.39 is 18.4 Å². The molecule has 0 heterocycles. The van der Waals surface area contributed by atoms with E-state index in [9.17, 15) is 5.11 Å². The Morgan fingerprint density at radius 2 is 1.40 bits per heavy atom. The van der Waals surface area contributed by atoms with E-state index in [4.69, 9.17) is 0 Å². The van der Waals surface area contributed by atoms with E-state index >= 15 is 0 Å². The Labute approximate surface area is 160 Å². The molecular weight excluding hydrogens is 411 g/mol. The van der Waals surface area contributed by atoms with E-state index in [1.54, 1.807) is 0 Å². The molecule has 0 amide bonds. The standard InChI is InChI=1S/C11H13O.3C4H9.Sn/c1-9(2)8-11(12)10-6-4-3-5-7-10;3*1-3-4-2;/h3-7,11-12H,1-2,8H2;3*1,3-4H2,2H3;. The topological polar surface area (TPSA) is 20.2 Å². The fraction of sp³-hybridized carbons (Fsp3) is 0.652. The van der Waals surface area contributed by atoms with E-state index in [2.05, 4.69) is 27.4 Å². The van der Waals surface area contributed by atoms with Crippen LogP contribution in [0.15, 0.2) is 42.5 Å². The predicted octanol–water partition coefficient (Wildman–Crippen LogP) is 7.52. The first-order valence-corrected chi connectivity index (χ1v) is 18.5. The molecule has 0 aliphatic rings. The molecule has 142 valence electrons. The Bertz CT molecular complexity index is 446. The van der Waals surface area contributed by atoms with Crippen molar-refractivity contribution >= 4 is 18.4 Å². The monoisotopic (exact) mass is 452 g/mol. The van der Waals surface area contributed by atoms with Crippen LogP contribution in [0.4, 0.5) is 0 Å². The Hall–Kier alpha value is -0.281. The molecular formula is C23H40OSn. The van der Waals surface area contributed by atoms with Crippen molar-refractivity contribution < 1.29 is 5.11 Å². The van der Waals surface area contributed by atoms with Crippen LogP contribution in [-0.4, -0.2) is 23.5 Å². The molecule has 25 heavy (non-hydrogen) atoms. The summed E-state index contributed by atoms with van der Waals surface area (Å²) in [6, 6.07) is 10.1. The zero-order valence-electron chi connectivity index (χ0n) is 16.9. The molecule has 1 N–H and O–H groups in total. The van der Waals surface area contributed by atoms with Crippen LogP contribution in [0.2, 0.25) is 17.7 Å². The fourth-order valence-corrected chi connectivity index (χ4v) is 20.5. The van der Waals surface area contributed by atoms with Crippen molar-refractivity contribution in [3.63, 3.8) is 0 Å². The number of hydrogen-bond acceptors (Lipinski definition) is 1. The van der Waals surface area contributed by atoms with Gasteiger partial charge >= 0.3 is 161 Å². The van der Waals surface area contributed by atoms with Crippen molar-refractivity contribution in [1.82, 2.24) is 0 Å². The van der Waals surface area contributed by atoms with Crippen LogP contribution in [0.3, 0.4) is 0 Å². The van der Waals surface area contributed by atoms with E-state index in [1.165, 1.54) is 61.8 Å². The third kappa shape index (κ3) is 8.77. The van der Waals surface area contributed by atoms with Crippen molar-refractivity contribution in [2.45, 2.75) is 89.6 Å². The molecule has 1 atom stereocenters. The number of unbranched alkanes of at least 4 members (excludes halogenated alkanes) is 3. The Morgan fingerprint density at radius 1 is 0.920 bits per heavy atom. The van der Waals surface area contributed by atoms with Gasteiger partial charge in [-0.3, -0.25) is 0 Å². The molecule has 0 aromatic heterocycles. The summed E-state index contributed by atoms with van der Waals surface area (Å²) in [5.74, 6) is 0. The van der Waals surface area contributed by atoms with Gasteiger partial charge in [0, 0.05) is 0 Å². The van der Waals surface area contributed by atoms with Crippen molar-refractivity contribution in [1.29, 1.82) is 0 Å². The number of hydrogen-bond donors (Lipinski definition) is 1. The maximum absolute atomic E-state index is 10.6. The molecule has 0 aliphatic carbocycles. The zero-order chi connectivity index (χ0) is 18.5. The Balaban J connectivity index is 2.76. The predicted molar refractivity (Wildman–Crippen MR) is 115 cm³/mol. The molecule has 0 saturated carbocycles. The van der Waals surface area contributed by atoms with Crippen molar-refractivity contribution in [2.75, 3.05) is 0 Å². The molecule has 0 aliphatic heterocycles. The van der Waals surface area contributed by atoms with Crippen molar-refractivity contribution in [3.8, 4) is 0 Å². The average Bonchev–Trinajstić information content (AvgIpc) is 2.63. The number of rotatable bonds is 14. The van der Waals surface area contributed by atoms with E-state index in [0.717, 1.165) is 12.0 Å². The second kappa shape index (κ2) is 13.0. The summed E-state index contributed by atoms with van der Waals surface area (Å²) >= 11 is -2.17. The minimum atomic E-state index is -2.17. The van der Waals surface area contributed by atoms with Crippen LogP contribution < -0.4 is 0 Å². The van der Waals surface area contributed by atoms with Crippen LogP contribution in [0.25, 0.3) is 0 Å². The van der Waals surface area contributed by atoms with Gasteiger partial charge in [-0.15, -0.1) is 0 Å². The molecule has 0 fully saturated rings. The van der Waals surface area contributed by atoms with E-state index in [-0.39, 0.29) is 6.10 Å². The molecule has 1 aromatic carbocycles. The molecule has 1 rings (SSSR count). The summed E-state index contributed by atoms with van der Waals surface area (Å²) in [6.07, 6.45) is 8.50. The summed E-state index contributed by atoms with van der Waals surface area (Å²) in [7, 11) is 0. The first-order valence-electron chi connectivity index (χ1n) is 10.5. The summed E-state index contributed by atoms with van der Waals surface area (Å²) in [4.78, 5) is 0. The van der Waals surface area contributed by atoms with Gasteiger partial charge in [0.05, 0.1) is 0 Å². The second-order valence-electron chi connectivity index (χ2n) is 7.87. The fourth-order valence-electron chi connectivity index (χ4n) is 3.96. The van der Waals surface area contributed by atoms with Gasteiger partial charge in [0.1, 0.15) is 0 Å². The van der Waals surface area contributed by atoms with Gasteiger partial charge in [0.2, 0.25) is 0 Å². The number of benzene rings is 1. The molecule has 0 bridgehead atoms. The third-order valence-corrected chi connectivity index (χ3v) is 21.1.